The molecule has 0 aromatic carbocycles. The first-order valence-electron chi connectivity index (χ1n) is 6.53. The van der Waals surface area contributed by atoms with Crippen molar-refractivity contribution in [2.24, 2.45) is 0 Å². The molecule has 6 heteroatoms. The van der Waals surface area contributed by atoms with Crippen LogP contribution < -0.4 is 15.8 Å². The van der Waals surface area contributed by atoms with Gasteiger partial charge in [0.15, 0.2) is 5.82 Å². The Morgan fingerprint density at radius 3 is 2.95 bits per heavy atom. The second-order valence-corrected chi connectivity index (χ2v) is 5.07. The van der Waals surface area contributed by atoms with E-state index in [-0.39, 0.29) is 0 Å². The summed E-state index contributed by atoms with van der Waals surface area (Å²) in [6, 6.07) is 4.04. The third kappa shape index (κ3) is 3.48. The monoisotopic (exact) mass is 265 g/mol. The molecule has 0 aliphatic carbocycles. The molecule has 0 bridgehead atoms. The summed E-state index contributed by atoms with van der Waals surface area (Å²) in [5.74, 6) is 1.27. The molecule has 1 fully saturated rings. The van der Waals surface area contributed by atoms with Crippen molar-refractivity contribution in [1.82, 2.24) is 14.8 Å². The van der Waals surface area contributed by atoms with Gasteiger partial charge in [-0.1, -0.05) is 0 Å². The van der Waals surface area contributed by atoms with Crippen molar-refractivity contribution in [2.75, 3.05) is 58.4 Å². The van der Waals surface area contributed by atoms with E-state index in [0.29, 0.717) is 23.4 Å². The van der Waals surface area contributed by atoms with Crippen molar-refractivity contribution >= 4 is 11.5 Å². The van der Waals surface area contributed by atoms with Crippen molar-refractivity contribution in [3.63, 3.8) is 0 Å². The van der Waals surface area contributed by atoms with E-state index in [1.807, 2.05) is 6.07 Å². The van der Waals surface area contributed by atoms with E-state index in [1.165, 1.54) is 0 Å². The first-order chi connectivity index (χ1) is 9.10. The lowest BCUT2D eigenvalue weighted by molar-refractivity contribution is 0.122. The Hall–Kier alpha value is -1.53. The molecule has 1 aromatic heterocycles. The van der Waals surface area contributed by atoms with Crippen LogP contribution in [0.1, 0.15) is 0 Å². The topological polar surface area (TPSA) is 66.7 Å². The SMILES string of the molecule is COc1ccc(N)c(NCC2CN(C)CCN2C)n1. The van der Waals surface area contributed by atoms with E-state index < -0.39 is 0 Å². The summed E-state index contributed by atoms with van der Waals surface area (Å²) < 4.78 is 5.11. The maximum atomic E-state index is 5.92. The van der Waals surface area contributed by atoms with Crippen LogP contribution in [0.3, 0.4) is 0 Å². The highest BCUT2D eigenvalue weighted by Gasteiger charge is 2.22. The van der Waals surface area contributed by atoms with E-state index >= 15 is 0 Å². The number of likely N-dealkylation sites (N-methyl/N-ethyl adjacent to an activating group) is 2. The van der Waals surface area contributed by atoms with Gasteiger partial charge in [0.05, 0.1) is 12.8 Å². The molecule has 1 aliphatic heterocycles. The Balaban J connectivity index is 1.97. The number of rotatable bonds is 4. The highest BCUT2D eigenvalue weighted by Crippen LogP contribution is 2.19. The largest absolute Gasteiger partial charge is 0.481 e. The molecule has 1 unspecified atom stereocenters. The summed E-state index contributed by atoms with van der Waals surface area (Å²) in [5.41, 5.74) is 6.56. The van der Waals surface area contributed by atoms with Crippen molar-refractivity contribution in [2.45, 2.75) is 6.04 Å². The van der Waals surface area contributed by atoms with Crippen LogP contribution in [0.2, 0.25) is 0 Å². The van der Waals surface area contributed by atoms with Crippen LogP contribution in [0.25, 0.3) is 0 Å². The van der Waals surface area contributed by atoms with Crippen molar-refractivity contribution in [3.05, 3.63) is 12.1 Å². The van der Waals surface area contributed by atoms with E-state index in [0.717, 1.165) is 26.2 Å². The molecule has 2 rings (SSSR count). The van der Waals surface area contributed by atoms with Crippen LogP contribution in [-0.4, -0.2) is 68.2 Å². The number of piperazine rings is 1. The van der Waals surface area contributed by atoms with E-state index in [9.17, 15) is 0 Å². The van der Waals surface area contributed by atoms with Gasteiger partial charge in [0.25, 0.3) is 0 Å². The van der Waals surface area contributed by atoms with Crippen LogP contribution in [0.4, 0.5) is 11.5 Å². The quantitative estimate of drug-likeness (QED) is 0.818. The van der Waals surface area contributed by atoms with Crippen LogP contribution in [0.5, 0.6) is 5.88 Å². The molecule has 0 radical (unpaired) electrons. The second-order valence-electron chi connectivity index (χ2n) is 5.07. The molecular formula is C13H23N5O. The number of nitrogens with two attached hydrogens (primary N) is 1. The lowest BCUT2D eigenvalue weighted by atomic mass is 10.2. The molecule has 6 nitrogen and oxygen atoms in total. The number of methoxy groups -OCH3 is 1. The minimum atomic E-state index is 0.464. The summed E-state index contributed by atoms with van der Waals surface area (Å²) in [6.45, 7) is 4.08. The second kappa shape index (κ2) is 6.08. The number of nitrogens with zero attached hydrogens (tertiary/aromatic N) is 3. The fraction of sp³-hybridized carbons (Fsp3) is 0.615. The molecule has 0 amide bonds. The fourth-order valence-electron chi connectivity index (χ4n) is 2.24. The zero-order chi connectivity index (χ0) is 13.8. The molecular weight excluding hydrogens is 242 g/mol. The normalized spacial score (nSPS) is 21.3. The van der Waals surface area contributed by atoms with E-state index in [1.54, 1.807) is 13.2 Å². The van der Waals surface area contributed by atoms with Gasteiger partial charge in [0, 0.05) is 38.3 Å². The number of aromatic nitrogens is 1. The highest BCUT2D eigenvalue weighted by molar-refractivity contribution is 5.62. The molecule has 3 N–H and O–H groups in total. The Kier molecular flexibility index (Phi) is 4.44. The van der Waals surface area contributed by atoms with Crippen molar-refractivity contribution in [3.8, 4) is 5.88 Å². The Morgan fingerprint density at radius 2 is 2.21 bits per heavy atom. The van der Waals surface area contributed by atoms with Gasteiger partial charge >= 0.3 is 0 Å². The van der Waals surface area contributed by atoms with Gasteiger partial charge in [-0.2, -0.15) is 4.98 Å². The number of nitrogen functional groups attached to an aromatic ring is 1. The smallest absolute Gasteiger partial charge is 0.215 e. The van der Waals surface area contributed by atoms with Gasteiger partial charge < -0.3 is 20.7 Å². The molecule has 1 saturated heterocycles. The van der Waals surface area contributed by atoms with Crippen molar-refractivity contribution < 1.29 is 4.74 Å². The first kappa shape index (κ1) is 13.9. The molecule has 0 saturated carbocycles. The highest BCUT2D eigenvalue weighted by atomic mass is 16.5. The maximum Gasteiger partial charge on any atom is 0.215 e. The first-order valence-corrected chi connectivity index (χ1v) is 6.53. The lowest BCUT2D eigenvalue weighted by Gasteiger charge is -2.37. The van der Waals surface area contributed by atoms with Crippen LogP contribution >= 0.6 is 0 Å². The van der Waals surface area contributed by atoms with Gasteiger partial charge in [-0.05, 0) is 20.2 Å². The summed E-state index contributed by atoms with van der Waals surface area (Å²) in [6.07, 6.45) is 0. The molecule has 106 valence electrons. The van der Waals surface area contributed by atoms with Gasteiger partial charge in [-0.25, -0.2) is 0 Å². The molecule has 19 heavy (non-hydrogen) atoms. The Bertz CT molecular complexity index is 425. The number of ether oxygens (including phenoxy) is 1. The fourth-order valence-corrected chi connectivity index (χ4v) is 2.24. The van der Waals surface area contributed by atoms with Gasteiger partial charge in [0.1, 0.15) is 0 Å². The number of pyridine rings is 1. The standard InChI is InChI=1S/C13H23N5O/c1-17-6-7-18(2)10(9-17)8-15-13-11(14)4-5-12(16-13)19-3/h4-5,10H,6-9,14H2,1-3H3,(H,15,16). The average Bonchev–Trinajstić information content (AvgIpc) is 2.41. The lowest BCUT2D eigenvalue weighted by Crippen LogP contribution is -2.52. The summed E-state index contributed by atoms with van der Waals surface area (Å²) >= 11 is 0. The zero-order valence-corrected chi connectivity index (χ0v) is 11.9. The van der Waals surface area contributed by atoms with Gasteiger partial charge in [0.2, 0.25) is 5.88 Å². The average molecular weight is 265 g/mol. The number of nitrogens with one attached hydrogen (secondary N) is 1. The molecule has 1 atom stereocenters. The van der Waals surface area contributed by atoms with Gasteiger partial charge in [-0.15, -0.1) is 0 Å². The minimum Gasteiger partial charge on any atom is -0.481 e. The van der Waals surface area contributed by atoms with Crippen LogP contribution in [-0.2, 0) is 0 Å². The summed E-state index contributed by atoms with van der Waals surface area (Å²) in [5, 5.41) is 3.32. The number of anilines is 2. The number of hydrogen-bond acceptors (Lipinski definition) is 6. The molecule has 1 aromatic rings. The zero-order valence-electron chi connectivity index (χ0n) is 11.9. The Morgan fingerprint density at radius 1 is 1.42 bits per heavy atom. The number of hydrogen-bond donors (Lipinski definition) is 2. The molecule has 1 aliphatic rings. The van der Waals surface area contributed by atoms with Crippen LogP contribution in [0, 0.1) is 0 Å². The summed E-state index contributed by atoms with van der Waals surface area (Å²) in [4.78, 5) is 9.04. The summed E-state index contributed by atoms with van der Waals surface area (Å²) in [7, 11) is 5.91. The third-order valence-electron chi connectivity index (χ3n) is 3.60. The molecule has 2 heterocycles. The van der Waals surface area contributed by atoms with E-state index in [4.69, 9.17) is 10.5 Å². The van der Waals surface area contributed by atoms with E-state index in [2.05, 4.69) is 34.2 Å². The maximum absolute atomic E-state index is 5.92. The van der Waals surface area contributed by atoms with Crippen LogP contribution in [0.15, 0.2) is 12.1 Å². The minimum absolute atomic E-state index is 0.464. The van der Waals surface area contributed by atoms with Crippen molar-refractivity contribution in [1.29, 1.82) is 0 Å². The predicted octanol–water partition coefficient (Wildman–Crippen LogP) is 0.330. The Labute approximate surface area is 114 Å². The third-order valence-corrected chi connectivity index (χ3v) is 3.60. The predicted molar refractivity (Wildman–Crippen MR) is 77.6 cm³/mol. The molecule has 0 spiro atoms. The van der Waals surface area contributed by atoms with Gasteiger partial charge in [-0.3, -0.25) is 4.90 Å².